The smallest absolute Gasteiger partial charge is 0.267 e. The predicted molar refractivity (Wildman–Crippen MR) is 68.0 cm³/mol. The SMILES string of the molecule is Nc1cc(F)c(S(=O)(=O)Nc2ccc(F)cc2)c(F)c1. The Kier molecular flexibility index (Phi) is 3.58. The van der Waals surface area contributed by atoms with Crippen molar-refractivity contribution < 1.29 is 21.6 Å². The lowest BCUT2D eigenvalue weighted by molar-refractivity contribution is 0.522. The normalized spacial score (nSPS) is 11.3. The van der Waals surface area contributed by atoms with E-state index in [-0.39, 0.29) is 11.4 Å². The third kappa shape index (κ3) is 2.85. The van der Waals surface area contributed by atoms with Gasteiger partial charge < -0.3 is 5.73 Å². The van der Waals surface area contributed by atoms with Gasteiger partial charge in [-0.25, -0.2) is 21.6 Å². The highest BCUT2D eigenvalue weighted by Crippen LogP contribution is 2.24. The molecule has 2 aromatic rings. The third-order valence-corrected chi connectivity index (χ3v) is 3.82. The molecule has 0 saturated carbocycles. The fourth-order valence-corrected chi connectivity index (χ4v) is 2.74. The molecule has 0 aliphatic heterocycles. The molecule has 2 rings (SSSR count). The van der Waals surface area contributed by atoms with E-state index >= 15 is 0 Å². The van der Waals surface area contributed by atoms with Crippen LogP contribution in [0.4, 0.5) is 24.5 Å². The number of rotatable bonds is 3. The molecule has 0 amide bonds. The number of benzene rings is 2. The van der Waals surface area contributed by atoms with Crippen LogP contribution in [0.5, 0.6) is 0 Å². The largest absolute Gasteiger partial charge is 0.399 e. The Morgan fingerprint density at radius 3 is 1.95 bits per heavy atom. The maximum Gasteiger partial charge on any atom is 0.267 e. The maximum absolute atomic E-state index is 13.6. The molecule has 20 heavy (non-hydrogen) atoms. The fourth-order valence-electron chi connectivity index (χ4n) is 1.56. The van der Waals surface area contributed by atoms with Crippen LogP contribution in [0, 0.1) is 17.5 Å². The molecule has 0 atom stereocenters. The van der Waals surface area contributed by atoms with Gasteiger partial charge in [0.25, 0.3) is 10.0 Å². The molecule has 0 unspecified atom stereocenters. The second-order valence-electron chi connectivity index (χ2n) is 3.93. The Morgan fingerprint density at radius 1 is 0.950 bits per heavy atom. The lowest BCUT2D eigenvalue weighted by Crippen LogP contribution is -2.16. The number of nitrogen functional groups attached to an aromatic ring is 1. The van der Waals surface area contributed by atoms with Crippen molar-refractivity contribution in [2.45, 2.75) is 4.90 Å². The van der Waals surface area contributed by atoms with Gasteiger partial charge in [-0.05, 0) is 36.4 Å². The molecule has 4 nitrogen and oxygen atoms in total. The highest BCUT2D eigenvalue weighted by molar-refractivity contribution is 7.92. The summed E-state index contributed by atoms with van der Waals surface area (Å²) in [6.07, 6.45) is 0. The number of nitrogens with one attached hydrogen (secondary N) is 1. The topological polar surface area (TPSA) is 72.2 Å². The zero-order chi connectivity index (χ0) is 14.9. The Hall–Kier alpha value is -2.22. The summed E-state index contributed by atoms with van der Waals surface area (Å²) in [5.74, 6) is -3.19. The molecule has 0 aliphatic rings. The number of nitrogens with two attached hydrogens (primary N) is 1. The molecule has 0 aliphatic carbocycles. The number of halogens is 3. The van der Waals surface area contributed by atoms with Crippen LogP contribution in [0.3, 0.4) is 0 Å². The van der Waals surface area contributed by atoms with Gasteiger partial charge in [0.05, 0.1) is 0 Å². The highest BCUT2D eigenvalue weighted by Gasteiger charge is 2.24. The minimum atomic E-state index is -4.48. The fraction of sp³-hybridized carbons (Fsp3) is 0. The Balaban J connectivity index is 2.43. The van der Waals surface area contributed by atoms with Crippen LogP contribution in [0.1, 0.15) is 0 Å². The highest BCUT2D eigenvalue weighted by atomic mass is 32.2. The van der Waals surface area contributed by atoms with Gasteiger partial charge in [0.1, 0.15) is 17.5 Å². The number of hydrogen-bond donors (Lipinski definition) is 2. The van der Waals surface area contributed by atoms with Gasteiger partial charge in [0.2, 0.25) is 0 Å². The Labute approximate surface area is 113 Å². The van der Waals surface area contributed by atoms with E-state index in [4.69, 9.17) is 5.73 Å². The second kappa shape index (κ2) is 5.04. The molecule has 0 bridgehead atoms. The standard InChI is InChI=1S/C12H9F3N2O2S/c13-7-1-3-9(4-2-7)17-20(18,19)12-10(14)5-8(16)6-11(12)15/h1-6,17H,16H2. The van der Waals surface area contributed by atoms with Crippen LogP contribution in [0.2, 0.25) is 0 Å². The second-order valence-corrected chi connectivity index (χ2v) is 5.55. The summed E-state index contributed by atoms with van der Waals surface area (Å²) in [4.78, 5) is -1.14. The Morgan fingerprint density at radius 2 is 1.45 bits per heavy atom. The summed E-state index contributed by atoms with van der Waals surface area (Å²) < 4.78 is 65.6. The lowest BCUT2D eigenvalue weighted by atomic mass is 10.3. The molecule has 0 fully saturated rings. The third-order valence-electron chi connectivity index (χ3n) is 2.39. The Bertz CT molecular complexity index is 723. The van der Waals surface area contributed by atoms with Crippen molar-refractivity contribution in [3.8, 4) is 0 Å². The first-order valence-electron chi connectivity index (χ1n) is 5.32. The van der Waals surface area contributed by atoms with E-state index in [1.807, 2.05) is 4.72 Å². The van der Waals surface area contributed by atoms with Crippen molar-refractivity contribution in [1.29, 1.82) is 0 Å². The molecular weight excluding hydrogens is 293 g/mol. The van der Waals surface area contributed by atoms with Gasteiger partial charge in [0, 0.05) is 11.4 Å². The van der Waals surface area contributed by atoms with Crippen molar-refractivity contribution in [1.82, 2.24) is 0 Å². The van der Waals surface area contributed by atoms with E-state index < -0.39 is 32.4 Å². The molecule has 0 heterocycles. The minimum absolute atomic E-state index is 0.0259. The molecule has 2 aromatic carbocycles. The molecule has 0 radical (unpaired) electrons. The minimum Gasteiger partial charge on any atom is -0.399 e. The first-order valence-corrected chi connectivity index (χ1v) is 6.81. The summed E-state index contributed by atoms with van der Waals surface area (Å²) >= 11 is 0. The first-order chi connectivity index (χ1) is 9.29. The van der Waals surface area contributed by atoms with E-state index in [0.717, 1.165) is 24.3 Å². The number of hydrogen-bond acceptors (Lipinski definition) is 3. The summed E-state index contributed by atoms with van der Waals surface area (Å²) in [6, 6.07) is 5.66. The van der Waals surface area contributed by atoms with Crippen LogP contribution in [0.25, 0.3) is 0 Å². The van der Waals surface area contributed by atoms with Crippen molar-refractivity contribution in [3.63, 3.8) is 0 Å². The molecule has 0 spiro atoms. The maximum atomic E-state index is 13.6. The van der Waals surface area contributed by atoms with E-state index in [9.17, 15) is 21.6 Å². The van der Waals surface area contributed by atoms with Crippen LogP contribution in [0.15, 0.2) is 41.3 Å². The number of anilines is 2. The van der Waals surface area contributed by atoms with Gasteiger partial charge >= 0.3 is 0 Å². The summed E-state index contributed by atoms with van der Waals surface area (Å²) in [5, 5.41) is 0. The average Bonchev–Trinajstić information content (AvgIpc) is 2.30. The van der Waals surface area contributed by atoms with Gasteiger partial charge in [-0.15, -0.1) is 0 Å². The molecule has 3 N–H and O–H groups in total. The van der Waals surface area contributed by atoms with Crippen molar-refractivity contribution >= 4 is 21.4 Å². The monoisotopic (exact) mass is 302 g/mol. The van der Waals surface area contributed by atoms with Crippen LogP contribution >= 0.6 is 0 Å². The molecular formula is C12H9F3N2O2S. The van der Waals surface area contributed by atoms with E-state index in [2.05, 4.69) is 0 Å². The van der Waals surface area contributed by atoms with Crippen LogP contribution < -0.4 is 10.5 Å². The van der Waals surface area contributed by atoms with Crippen LogP contribution in [-0.2, 0) is 10.0 Å². The lowest BCUT2D eigenvalue weighted by Gasteiger charge is -2.10. The van der Waals surface area contributed by atoms with Gasteiger partial charge in [-0.3, -0.25) is 4.72 Å². The quantitative estimate of drug-likeness (QED) is 0.856. The first kappa shape index (κ1) is 14.2. The van der Waals surface area contributed by atoms with Crippen molar-refractivity contribution in [2.75, 3.05) is 10.5 Å². The van der Waals surface area contributed by atoms with Gasteiger partial charge in [-0.1, -0.05) is 0 Å². The average molecular weight is 302 g/mol. The van der Waals surface area contributed by atoms with Gasteiger partial charge in [0.15, 0.2) is 4.90 Å². The molecule has 106 valence electrons. The zero-order valence-corrected chi connectivity index (χ0v) is 10.7. The van der Waals surface area contributed by atoms with E-state index in [1.54, 1.807) is 0 Å². The summed E-state index contributed by atoms with van der Waals surface area (Å²) in [5.41, 5.74) is 4.94. The number of sulfonamides is 1. The van der Waals surface area contributed by atoms with Crippen molar-refractivity contribution in [3.05, 3.63) is 53.8 Å². The predicted octanol–water partition coefficient (Wildman–Crippen LogP) is 2.49. The van der Waals surface area contributed by atoms with E-state index in [0.29, 0.717) is 12.1 Å². The van der Waals surface area contributed by atoms with Crippen LogP contribution in [-0.4, -0.2) is 8.42 Å². The zero-order valence-electron chi connectivity index (χ0n) is 9.90. The molecule has 8 heteroatoms. The summed E-state index contributed by atoms with van der Waals surface area (Å²) in [7, 11) is -4.48. The van der Waals surface area contributed by atoms with E-state index in [1.165, 1.54) is 0 Å². The molecule has 0 saturated heterocycles. The van der Waals surface area contributed by atoms with Crippen molar-refractivity contribution in [2.24, 2.45) is 0 Å². The van der Waals surface area contributed by atoms with Gasteiger partial charge in [-0.2, -0.15) is 0 Å². The summed E-state index contributed by atoms with van der Waals surface area (Å²) in [6.45, 7) is 0. The molecule has 0 aromatic heterocycles.